The topological polar surface area (TPSA) is 68.0 Å². The Morgan fingerprint density at radius 3 is 2.32 bits per heavy atom. The van der Waals surface area contributed by atoms with Gasteiger partial charge in [-0.2, -0.15) is 13.2 Å². The molecule has 0 radical (unpaired) electrons. The van der Waals surface area contributed by atoms with Crippen molar-refractivity contribution in [3.63, 3.8) is 0 Å². The highest BCUT2D eigenvalue weighted by Gasteiger charge is 2.30. The van der Waals surface area contributed by atoms with Crippen LogP contribution in [-0.4, -0.2) is 10.9 Å². The number of carbonyl (C=O) groups is 1. The summed E-state index contributed by atoms with van der Waals surface area (Å²) in [6.45, 7) is 0.437. The molecule has 0 bridgehead atoms. The number of aromatic nitrogens is 1. The lowest BCUT2D eigenvalue weighted by atomic mass is 10.1. The van der Waals surface area contributed by atoms with E-state index in [1.54, 1.807) is 24.3 Å². The van der Waals surface area contributed by atoms with E-state index in [2.05, 4.69) is 10.3 Å². The second-order valence-corrected chi connectivity index (χ2v) is 4.62. The minimum atomic E-state index is -4.42. The Labute approximate surface area is 125 Å². The van der Waals surface area contributed by atoms with Crippen molar-refractivity contribution < 1.29 is 18.0 Å². The van der Waals surface area contributed by atoms with Gasteiger partial charge in [0, 0.05) is 18.3 Å². The number of nitrogens with zero attached hydrogens (tertiary/aromatic N) is 1. The summed E-state index contributed by atoms with van der Waals surface area (Å²) in [5, 5.41) is 2.60. The van der Waals surface area contributed by atoms with Gasteiger partial charge < -0.3 is 11.1 Å². The van der Waals surface area contributed by atoms with E-state index in [1.165, 1.54) is 6.07 Å². The molecule has 0 aliphatic heterocycles. The van der Waals surface area contributed by atoms with Crippen molar-refractivity contribution in [1.29, 1.82) is 0 Å². The molecule has 1 heterocycles. The van der Waals surface area contributed by atoms with E-state index >= 15 is 0 Å². The molecule has 0 fully saturated rings. The maximum absolute atomic E-state index is 12.4. The average molecular weight is 309 g/mol. The van der Waals surface area contributed by atoms with Crippen LogP contribution in [0.15, 0.2) is 42.6 Å². The fourth-order valence-corrected chi connectivity index (χ4v) is 1.76. The zero-order valence-corrected chi connectivity index (χ0v) is 11.5. The lowest BCUT2D eigenvalue weighted by Gasteiger charge is -2.08. The van der Waals surface area contributed by atoms with Gasteiger partial charge in [0.1, 0.15) is 0 Å². The average Bonchev–Trinajstić information content (AvgIpc) is 2.52. The van der Waals surface area contributed by atoms with E-state index in [0.717, 1.165) is 17.8 Å². The number of halogens is 3. The van der Waals surface area contributed by atoms with Crippen molar-refractivity contribution in [1.82, 2.24) is 10.3 Å². The normalized spacial score (nSPS) is 11.3. The number of hydrogen-bond acceptors (Lipinski definition) is 3. The molecular weight excluding hydrogens is 295 g/mol. The Morgan fingerprint density at radius 2 is 1.82 bits per heavy atom. The molecule has 116 valence electrons. The summed E-state index contributed by atoms with van der Waals surface area (Å²) < 4.78 is 37.2. The SMILES string of the molecule is NCc1ccc(C(=O)NCc2ccc(C(F)(F)F)cn2)cc1. The van der Waals surface area contributed by atoms with Gasteiger partial charge >= 0.3 is 6.18 Å². The molecule has 4 nitrogen and oxygen atoms in total. The second-order valence-electron chi connectivity index (χ2n) is 4.62. The lowest BCUT2D eigenvalue weighted by Crippen LogP contribution is -2.23. The van der Waals surface area contributed by atoms with Crippen LogP contribution in [0.25, 0.3) is 0 Å². The predicted molar refractivity (Wildman–Crippen MR) is 74.7 cm³/mol. The van der Waals surface area contributed by atoms with Crippen molar-refractivity contribution in [2.75, 3.05) is 0 Å². The van der Waals surface area contributed by atoms with Crippen LogP contribution in [0, 0.1) is 0 Å². The van der Waals surface area contributed by atoms with Crippen LogP contribution < -0.4 is 11.1 Å². The van der Waals surface area contributed by atoms with Gasteiger partial charge in [-0.3, -0.25) is 9.78 Å². The van der Waals surface area contributed by atoms with Crippen LogP contribution in [0.3, 0.4) is 0 Å². The third kappa shape index (κ3) is 4.05. The minimum absolute atomic E-state index is 0.0512. The number of nitrogens with two attached hydrogens (primary N) is 1. The Kier molecular flexibility index (Phi) is 4.77. The molecular formula is C15H14F3N3O. The van der Waals surface area contributed by atoms with E-state index in [1.807, 2.05) is 0 Å². The summed E-state index contributed by atoms with van der Waals surface area (Å²) in [4.78, 5) is 15.6. The van der Waals surface area contributed by atoms with E-state index in [9.17, 15) is 18.0 Å². The van der Waals surface area contributed by atoms with Crippen LogP contribution in [0.4, 0.5) is 13.2 Å². The number of hydrogen-bond donors (Lipinski definition) is 2. The standard InChI is InChI=1S/C15H14F3N3O/c16-15(17,18)12-5-6-13(20-8-12)9-21-14(22)11-3-1-10(7-19)2-4-11/h1-6,8H,7,9,19H2,(H,21,22). The zero-order chi connectivity index (χ0) is 16.2. The molecule has 2 aromatic rings. The number of pyridine rings is 1. The first-order valence-electron chi connectivity index (χ1n) is 6.49. The second kappa shape index (κ2) is 6.57. The van der Waals surface area contributed by atoms with Crippen molar-refractivity contribution in [3.05, 3.63) is 65.0 Å². The first kappa shape index (κ1) is 16.0. The van der Waals surface area contributed by atoms with Gasteiger partial charge in [0.2, 0.25) is 0 Å². The zero-order valence-electron chi connectivity index (χ0n) is 11.5. The van der Waals surface area contributed by atoms with Gasteiger partial charge in [-0.1, -0.05) is 12.1 Å². The predicted octanol–water partition coefficient (Wildman–Crippen LogP) is 2.49. The highest BCUT2D eigenvalue weighted by molar-refractivity contribution is 5.94. The van der Waals surface area contributed by atoms with Crippen molar-refractivity contribution in [3.8, 4) is 0 Å². The molecule has 0 spiro atoms. The van der Waals surface area contributed by atoms with E-state index in [-0.39, 0.29) is 12.5 Å². The van der Waals surface area contributed by atoms with Crippen LogP contribution in [-0.2, 0) is 19.3 Å². The molecule has 1 aromatic carbocycles. The molecule has 7 heteroatoms. The number of alkyl halides is 3. The summed E-state index contributed by atoms with van der Waals surface area (Å²) in [6.07, 6.45) is -3.67. The van der Waals surface area contributed by atoms with Gasteiger partial charge in [0.15, 0.2) is 0 Å². The number of benzene rings is 1. The van der Waals surface area contributed by atoms with Gasteiger partial charge in [-0.15, -0.1) is 0 Å². The third-order valence-electron chi connectivity index (χ3n) is 3.03. The van der Waals surface area contributed by atoms with Gasteiger partial charge in [-0.25, -0.2) is 0 Å². The van der Waals surface area contributed by atoms with Crippen molar-refractivity contribution >= 4 is 5.91 Å². The van der Waals surface area contributed by atoms with Gasteiger partial charge in [0.25, 0.3) is 5.91 Å². The lowest BCUT2D eigenvalue weighted by molar-refractivity contribution is -0.137. The molecule has 1 aromatic heterocycles. The fraction of sp³-hybridized carbons (Fsp3) is 0.200. The fourth-order valence-electron chi connectivity index (χ4n) is 1.76. The van der Waals surface area contributed by atoms with E-state index in [4.69, 9.17) is 5.73 Å². The van der Waals surface area contributed by atoms with Gasteiger partial charge in [0.05, 0.1) is 17.8 Å². The Morgan fingerprint density at radius 1 is 1.14 bits per heavy atom. The van der Waals surface area contributed by atoms with E-state index in [0.29, 0.717) is 17.8 Å². The smallest absolute Gasteiger partial charge is 0.346 e. The number of rotatable bonds is 4. The highest BCUT2D eigenvalue weighted by atomic mass is 19.4. The molecule has 22 heavy (non-hydrogen) atoms. The largest absolute Gasteiger partial charge is 0.417 e. The molecule has 0 saturated heterocycles. The Balaban J connectivity index is 1.95. The maximum Gasteiger partial charge on any atom is 0.417 e. The third-order valence-corrected chi connectivity index (χ3v) is 3.03. The molecule has 0 aliphatic carbocycles. The number of amides is 1. The summed E-state index contributed by atoms with van der Waals surface area (Å²) in [6, 6.07) is 8.93. The van der Waals surface area contributed by atoms with E-state index < -0.39 is 11.7 Å². The monoisotopic (exact) mass is 309 g/mol. The van der Waals surface area contributed by atoms with Crippen LogP contribution >= 0.6 is 0 Å². The summed E-state index contributed by atoms with van der Waals surface area (Å²) >= 11 is 0. The first-order chi connectivity index (χ1) is 10.4. The molecule has 0 atom stereocenters. The van der Waals surface area contributed by atoms with Gasteiger partial charge in [-0.05, 0) is 29.8 Å². The van der Waals surface area contributed by atoms with Crippen LogP contribution in [0.2, 0.25) is 0 Å². The molecule has 0 aliphatic rings. The summed E-state index contributed by atoms with van der Waals surface area (Å²) in [5.41, 5.74) is 6.34. The minimum Gasteiger partial charge on any atom is -0.346 e. The summed E-state index contributed by atoms with van der Waals surface area (Å²) in [5.74, 6) is -0.328. The Hall–Kier alpha value is -2.41. The molecule has 2 rings (SSSR count). The highest BCUT2D eigenvalue weighted by Crippen LogP contribution is 2.28. The molecule has 1 amide bonds. The van der Waals surface area contributed by atoms with Crippen molar-refractivity contribution in [2.45, 2.75) is 19.3 Å². The molecule has 3 N–H and O–H groups in total. The van der Waals surface area contributed by atoms with Crippen LogP contribution in [0.5, 0.6) is 0 Å². The molecule has 0 unspecified atom stereocenters. The molecule has 0 saturated carbocycles. The summed E-state index contributed by atoms with van der Waals surface area (Å²) in [7, 11) is 0. The maximum atomic E-state index is 12.4. The van der Waals surface area contributed by atoms with Crippen LogP contribution in [0.1, 0.15) is 27.2 Å². The first-order valence-corrected chi connectivity index (χ1v) is 6.49. The quantitative estimate of drug-likeness (QED) is 0.912. The Bertz CT molecular complexity index is 637. The number of carbonyl (C=O) groups excluding carboxylic acids is 1. The van der Waals surface area contributed by atoms with Crippen molar-refractivity contribution in [2.24, 2.45) is 5.73 Å². The number of nitrogens with one attached hydrogen (secondary N) is 1.